The van der Waals surface area contributed by atoms with E-state index in [-0.39, 0.29) is 11.6 Å². The van der Waals surface area contributed by atoms with Crippen molar-refractivity contribution < 1.29 is 9.32 Å². The Balaban J connectivity index is 1.76. The summed E-state index contributed by atoms with van der Waals surface area (Å²) in [5.41, 5.74) is 0.602. The van der Waals surface area contributed by atoms with Gasteiger partial charge in [-0.15, -0.1) is 0 Å². The molecule has 0 aliphatic rings. The van der Waals surface area contributed by atoms with E-state index in [9.17, 15) is 4.79 Å². The predicted octanol–water partition coefficient (Wildman–Crippen LogP) is 4.08. The third kappa shape index (κ3) is 3.81. The molecule has 3 rings (SSSR count). The minimum absolute atomic E-state index is 0.165. The highest BCUT2D eigenvalue weighted by Gasteiger charge is 2.12. The lowest BCUT2D eigenvalue weighted by Gasteiger charge is -2.08. The zero-order valence-corrected chi connectivity index (χ0v) is 13.9. The Hall–Kier alpha value is -2.64. The summed E-state index contributed by atoms with van der Waals surface area (Å²) in [6, 6.07) is 7.95. The van der Waals surface area contributed by atoms with Crippen LogP contribution in [-0.4, -0.2) is 21.0 Å². The normalized spacial score (nSPS) is 10.5. The van der Waals surface area contributed by atoms with Gasteiger partial charge in [0.25, 0.3) is 5.91 Å². The van der Waals surface area contributed by atoms with Crippen molar-refractivity contribution in [3.8, 4) is 0 Å². The van der Waals surface area contributed by atoms with E-state index in [0.29, 0.717) is 27.3 Å². The average molecular weight is 364 g/mol. The Labute approximate surface area is 147 Å². The van der Waals surface area contributed by atoms with Gasteiger partial charge in [0.05, 0.1) is 10.7 Å². The van der Waals surface area contributed by atoms with Crippen LogP contribution in [0.4, 0.5) is 17.5 Å². The summed E-state index contributed by atoms with van der Waals surface area (Å²) in [5.74, 6) is 0.883. The molecule has 0 atom stereocenters. The number of aromatic nitrogens is 3. The SMILES string of the molecule is Cc1cc(Nc2nccc(C(=O)Nc3ccc(Cl)cc3Cl)n2)no1. The fraction of sp³-hybridized carbons (Fsp3) is 0.0667. The van der Waals surface area contributed by atoms with Gasteiger partial charge in [-0.1, -0.05) is 28.4 Å². The third-order valence-electron chi connectivity index (χ3n) is 2.94. The molecule has 24 heavy (non-hydrogen) atoms. The molecule has 2 aromatic heterocycles. The highest BCUT2D eigenvalue weighted by atomic mass is 35.5. The van der Waals surface area contributed by atoms with Gasteiger partial charge in [0.2, 0.25) is 5.95 Å². The molecular weight excluding hydrogens is 353 g/mol. The quantitative estimate of drug-likeness (QED) is 0.725. The Morgan fingerprint density at radius 3 is 2.75 bits per heavy atom. The van der Waals surface area contributed by atoms with E-state index in [4.69, 9.17) is 27.7 Å². The van der Waals surface area contributed by atoms with E-state index < -0.39 is 5.91 Å². The number of amides is 1. The standard InChI is InChI=1S/C15H11Cl2N5O2/c1-8-6-13(22-24-8)21-15-18-5-4-12(20-15)14(23)19-11-3-2-9(16)7-10(11)17/h2-7H,1H3,(H,19,23)(H,18,20,21,22). The summed E-state index contributed by atoms with van der Waals surface area (Å²) >= 11 is 11.9. The molecule has 1 aromatic carbocycles. The van der Waals surface area contributed by atoms with Gasteiger partial charge in [-0.05, 0) is 31.2 Å². The van der Waals surface area contributed by atoms with E-state index in [0.717, 1.165) is 0 Å². The van der Waals surface area contributed by atoms with E-state index in [1.807, 2.05) is 0 Å². The van der Waals surface area contributed by atoms with Crippen LogP contribution in [0, 0.1) is 6.92 Å². The highest BCUT2D eigenvalue weighted by molar-refractivity contribution is 6.36. The molecule has 0 aliphatic heterocycles. The number of nitrogens with one attached hydrogen (secondary N) is 2. The second kappa shape index (κ2) is 6.86. The molecule has 1 amide bonds. The lowest BCUT2D eigenvalue weighted by atomic mass is 10.3. The van der Waals surface area contributed by atoms with Gasteiger partial charge in [-0.2, -0.15) is 0 Å². The first kappa shape index (κ1) is 16.2. The van der Waals surface area contributed by atoms with Crippen molar-refractivity contribution in [1.82, 2.24) is 15.1 Å². The van der Waals surface area contributed by atoms with Crippen LogP contribution in [0.2, 0.25) is 10.0 Å². The molecular formula is C15H11Cl2N5O2. The van der Waals surface area contributed by atoms with Crippen LogP contribution in [0.25, 0.3) is 0 Å². The molecule has 3 aromatic rings. The van der Waals surface area contributed by atoms with E-state index in [1.165, 1.54) is 12.3 Å². The van der Waals surface area contributed by atoms with Crippen LogP contribution in [0.5, 0.6) is 0 Å². The maximum atomic E-state index is 12.3. The van der Waals surface area contributed by atoms with E-state index in [2.05, 4.69) is 25.8 Å². The fourth-order valence-corrected chi connectivity index (χ4v) is 2.32. The first-order chi connectivity index (χ1) is 11.5. The minimum atomic E-state index is -0.430. The Bertz CT molecular complexity index is 897. The molecule has 2 heterocycles. The van der Waals surface area contributed by atoms with Gasteiger partial charge in [0.1, 0.15) is 11.5 Å². The van der Waals surface area contributed by atoms with Crippen LogP contribution in [0.1, 0.15) is 16.2 Å². The van der Waals surface area contributed by atoms with Crippen molar-refractivity contribution in [3.63, 3.8) is 0 Å². The molecule has 0 fully saturated rings. The largest absolute Gasteiger partial charge is 0.360 e. The molecule has 0 spiro atoms. The number of hydrogen-bond acceptors (Lipinski definition) is 6. The summed E-state index contributed by atoms with van der Waals surface area (Å²) in [6.07, 6.45) is 1.46. The predicted molar refractivity (Wildman–Crippen MR) is 91.0 cm³/mol. The highest BCUT2D eigenvalue weighted by Crippen LogP contribution is 2.25. The van der Waals surface area contributed by atoms with Crippen LogP contribution in [0.15, 0.2) is 41.1 Å². The summed E-state index contributed by atoms with van der Waals surface area (Å²) in [4.78, 5) is 20.5. The van der Waals surface area contributed by atoms with Crippen molar-refractivity contribution in [2.45, 2.75) is 6.92 Å². The Kier molecular flexibility index (Phi) is 4.64. The maximum Gasteiger partial charge on any atom is 0.274 e. The first-order valence-corrected chi connectivity index (χ1v) is 7.56. The number of hydrogen-bond donors (Lipinski definition) is 2. The van der Waals surface area contributed by atoms with Gasteiger partial charge >= 0.3 is 0 Å². The molecule has 0 unspecified atom stereocenters. The Morgan fingerprint density at radius 1 is 1.21 bits per heavy atom. The molecule has 9 heteroatoms. The van der Waals surface area contributed by atoms with Crippen LogP contribution >= 0.6 is 23.2 Å². The molecule has 0 saturated carbocycles. The minimum Gasteiger partial charge on any atom is -0.360 e. The number of aryl methyl sites for hydroxylation is 1. The van der Waals surface area contributed by atoms with Crippen molar-refractivity contribution >= 4 is 46.6 Å². The third-order valence-corrected chi connectivity index (χ3v) is 3.48. The zero-order valence-electron chi connectivity index (χ0n) is 12.4. The maximum absolute atomic E-state index is 12.3. The number of anilines is 3. The summed E-state index contributed by atoms with van der Waals surface area (Å²) in [6.45, 7) is 1.76. The second-order valence-electron chi connectivity index (χ2n) is 4.79. The van der Waals surface area contributed by atoms with Crippen LogP contribution in [-0.2, 0) is 0 Å². The van der Waals surface area contributed by atoms with E-state index >= 15 is 0 Å². The molecule has 122 valence electrons. The number of nitrogens with zero attached hydrogens (tertiary/aromatic N) is 3. The summed E-state index contributed by atoms with van der Waals surface area (Å²) < 4.78 is 4.94. The second-order valence-corrected chi connectivity index (χ2v) is 5.64. The van der Waals surface area contributed by atoms with Crippen molar-refractivity contribution in [2.24, 2.45) is 0 Å². The molecule has 0 aliphatic carbocycles. The first-order valence-electron chi connectivity index (χ1n) is 6.81. The van der Waals surface area contributed by atoms with Crippen molar-refractivity contribution in [2.75, 3.05) is 10.6 Å². The van der Waals surface area contributed by atoms with Gasteiger partial charge in [-0.3, -0.25) is 4.79 Å². The smallest absolute Gasteiger partial charge is 0.274 e. The lowest BCUT2D eigenvalue weighted by Crippen LogP contribution is -2.15. The Morgan fingerprint density at radius 2 is 2.04 bits per heavy atom. The number of halogens is 2. The lowest BCUT2D eigenvalue weighted by molar-refractivity contribution is 0.102. The van der Waals surface area contributed by atoms with Crippen molar-refractivity contribution in [3.05, 3.63) is 58.0 Å². The molecule has 0 saturated heterocycles. The average Bonchev–Trinajstić information content (AvgIpc) is 2.95. The number of benzene rings is 1. The van der Waals surface area contributed by atoms with Crippen LogP contribution < -0.4 is 10.6 Å². The topological polar surface area (TPSA) is 92.9 Å². The number of carbonyl (C=O) groups excluding carboxylic acids is 1. The fourth-order valence-electron chi connectivity index (χ4n) is 1.86. The van der Waals surface area contributed by atoms with Gasteiger partial charge < -0.3 is 15.2 Å². The van der Waals surface area contributed by atoms with Crippen molar-refractivity contribution in [1.29, 1.82) is 0 Å². The van der Waals surface area contributed by atoms with Gasteiger partial charge in [0, 0.05) is 17.3 Å². The van der Waals surface area contributed by atoms with Crippen LogP contribution in [0.3, 0.4) is 0 Å². The molecule has 7 nitrogen and oxygen atoms in total. The summed E-state index contributed by atoms with van der Waals surface area (Å²) in [5, 5.41) is 10.1. The zero-order chi connectivity index (χ0) is 17.1. The summed E-state index contributed by atoms with van der Waals surface area (Å²) in [7, 11) is 0. The number of carbonyl (C=O) groups is 1. The van der Waals surface area contributed by atoms with Gasteiger partial charge in [0.15, 0.2) is 5.82 Å². The van der Waals surface area contributed by atoms with E-state index in [1.54, 1.807) is 31.2 Å². The molecule has 0 radical (unpaired) electrons. The number of rotatable bonds is 4. The molecule has 0 bridgehead atoms. The van der Waals surface area contributed by atoms with Gasteiger partial charge in [-0.25, -0.2) is 9.97 Å². The monoisotopic (exact) mass is 363 g/mol. The molecule has 2 N–H and O–H groups in total.